The third kappa shape index (κ3) is 2.42. The van der Waals surface area contributed by atoms with Crippen molar-refractivity contribution < 1.29 is 14.6 Å². The molecule has 1 atom stereocenters. The molecule has 92 valence electrons. The highest BCUT2D eigenvalue weighted by Gasteiger charge is 2.28. The van der Waals surface area contributed by atoms with Crippen molar-refractivity contribution in [1.82, 2.24) is 0 Å². The third-order valence-corrected chi connectivity index (χ3v) is 3.02. The summed E-state index contributed by atoms with van der Waals surface area (Å²) in [7, 11) is 0. The maximum absolute atomic E-state index is 11.7. The summed E-state index contributed by atoms with van der Waals surface area (Å²) in [6.07, 6.45) is -0.330. The van der Waals surface area contributed by atoms with Crippen molar-refractivity contribution in [3.05, 3.63) is 29.3 Å². The molecule has 1 heterocycles. The Balaban J connectivity index is 2.30. The minimum Gasteiger partial charge on any atom is -0.449 e. The van der Waals surface area contributed by atoms with Gasteiger partial charge < -0.3 is 9.84 Å². The fourth-order valence-electron chi connectivity index (χ4n) is 1.97. The number of anilines is 1. The van der Waals surface area contributed by atoms with Crippen LogP contribution < -0.4 is 4.90 Å². The van der Waals surface area contributed by atoms with Gasteiger partial charge >= 0.3 is 6.09 Å². The molecule has 1 fully saturated rings. The summed E-state index contributed by atoms with van der Waals surface area (Å²) in [6.45, 7) is 4.80. The van der Waals surface area contributed by atoms with Crippen molar-refractivity contribution in [2.75, 3.05) is 24.7 Å². The maximum atomic E-state index is 11.7. The van der Waals surface area contributed by atoms with Gasteiger partial charge in [0, 0.05) is 12.5 Å². The number of aliphatic hydroxyl groups is 1. The van der Waals surface area contributed by atoms with Crippen LogP contribution in [0, 0.1) is 19.8 Å². The van der Waals surface area contributed by atoms with Crippen LogP contribution in [0.1, 0.15) is 11.1 Å². The first-order chi connectivity index (χ1) is 8.11. The normalized spacial score (nSPS) is 20.3. The summed E-state index contributed by atoms with van der Waals surface area (Å²) < 4.78 is 5.07. The van der Waals surface area contributed by atoms with Crippen molar-refractivity contribution in [3.8, 4) is 0 Å². The highest BCUT2D eigenvalue weighted by molar-refractivity contribution is 5.89. The second-order valence-corrected chi connectivity index (χ2v) is 4.53. The Bertz CT molecular complexity index is 431. The minimum atomic E-state index is -0.330. The lowest BCUT2D eigenvalue weighted by Crippen LogP contribution is -2.44. The van der Waals surface area contributed by atoms with E-state index in [1.54, 1.807) is 4.90 Å². The molecule has 1 aliphatic rings. The highest BCUT2D eigenvalue weighted by Crippen LogP contribution is 2.25. The van der Waals surface area contributed by atoms with Gasteiger partial charge in [-0.1, -0.05) is 12.1 Å². The number of amides is 1. The first-order valence-corrected chi connectivity index (χ1v) is 5.74. The number of carbonyl (C=O) groups excluding carboxylic acids is 1. The SMILES string of the molecule is Cc1ccc(C)c(N2CC(CO)COC2=O)c1. The smallest absolute Gasteiger partial charge is 0.414 e. The van der Waals surface area contributed by atoms with Crippen LogP contribution in [0.25, 0.3) is 0 Å². The number of rotatable bonds is 2. The molecule has 1 saturated heterocycles. The zero-order valence-corrected chi connectivity index (χ0v) is 10.1. The Kier molecular flexibility index (Phi) is 3.33. The van der Waals surface area contributed by atoms with E-state index in [4.69, 9.17) is 9.84 Å². The lowest BCUT2D eigenvalue weighted by Gasteiger charge is -2.32. The summed E-state index contributed by atoms with van der Waals surface area (Å²) in [5.41, 5.74) is 3.00. The number of ether oxygens (including phenoxy) is 1. The molecule has 1 aromatic carbocycles. The summed E-state index contributed by atoms with van der Waals surface area (Å²) in [5.74, 6) is -0.00684. The molecule has 0 saturated carbocycles. The van der Waals surface area contributed by atoms with Gasteiger partial charge in [-0.25, -0.2) is 4.79 Å². The molecule has 0 aliphatic carbocycles. The molecule has 4 nitrogen and oxygen atoms in total. The Labute approximate surface area is 101 Å². The van der Waals surface area contributed by atoms with Crippen LogP contribution in [-0.2, 0) is 4.74 Å². The molecule has 0 spiro atoms. The number of benzene rings is 1. The first-order valence-electron chi connectivity index (χ1n) is 5.74. The lowest BCUT2D eigenvalue weighted by molar-refractivity contribution is 0.0899. The number of aryl methyl sites for hydroxylation is 2. The van der Waals surface area contributed by atoms with E-state index in [1.807, 2.05) is 32.0 Å². The van der Waals surface area contributed by atoms with Gasteiger partial charge in [-0.3, -0.25) is 4.90 Å². The molecule has 4 heteroatoms. The third-order valence-electron chi connectivity index (χ3n) is 3.02. The summed E-state index contributed by atoms with van der Waals surface area (Å²) in [5, 5.41) is 9.15. The van der Waals surface area contributed by atoms with Gasteiger partial charge in [-0.15, -0.1) is 0 Å². The summed E-state index contributed by atoms with van der Waals surface area (Å²) in [6, 6.07) is 5.97. The Morgan fingerprint density at radius 1 is 1.47 bits per heavy atom. The Morgan fingerprint density at radius 2 is 2.24 bits per heavy atom. The van der Waals surface area contributed by atoms with Gasteiger partial charge in [-0.2, -0.15) is 0 Å². The maximum Gasteiger partial charge on any atom is 0.414 e. The van der Waals surface area contributed by atoms with Crippen LogP contribution in [0.3, 0.4) is 0 Å². The minimum absolute atomic E-state index is 0.00684. The van der Waals surface area contributed by atoms with E-state index in [2.05, 4.69) is 0 Å². The number of aliphatic hydroxyl groups excluding tert-OH is 1. The topological polar surface area (TPSA) is 49.8 Å². The van der Waals surface area contributed by atoms with Gasteiger partial charge in [0.05, 0.1) is 18.9 Å². The summed E-state index contributed by atoms with van der Waals surface area (Å²) in [4.78, 5) is 13.3. The number of cyclic esters (lactones) is 1. The second-order valence-electron chi connectivity index (χ2n) is 4.53. The van der Waals surface area contributed by atoms with E-state index < -0.39 is 0 Å². The molecule has 1 unspecified atom stereocenters. The number of carbonyl (C=O) groups is 1. The number of hydrogen-bond donors (Lipinski definition) is 1. The molecule has 2 rings (SSSR count). The van der Waals surface area contributed by atoms with E-state index in [-0.39, 0.29) is 18.6 Å². The summed E-state index contributed by atoms with van der Waals surface area (Å²) >= 11 is 0. The molecule has 0 aromatic heterocycles. The quantitative estimate of drug-likeness (QED) is 0.851. The van der Waals surface area contributed by atoms with Crippen LogP contribution in [0.4, 0.5) is 10.5 Å². The van der Waals surface area contributed by atoms with E-state index in [9.17, 15) is 4.79 Å². The standard InChI is InChI=1S/C13H17NO3/c1-9-3-4-10(2)12(5-9)14-6-11(7-15)8-17-13(14)16/h3-5,11,15H,6-8H2,1-2H3. The van der Waals surface area contributed by atoms with Crippen molar-refractivity contribution in [2.24, 2.45) is 5.92 Å². The molecule has 1 amide bonds. The van der Waals surface area contributed by atoms with Crippen molar-refractivity contribution in [2.45, 2.75) is 13.8 Å². The monoisotopic (exact) mass is 235 g/mol. The van der Waals surface area contributed by atoms with Crippen molar-refractivity contribution in [3.63, 3.8) is 0 Å². The lowest BCUT2D eigenvalue weighted by atomic mass is 10.1. The molecule has 1 aliphatic heterocycles. The molecular formula is C13H17NO3. The largest absolute Gasteiger partial charge is 0.449 e. The van der Waals surface area contributed by atoms with Gasteiger partial charge in [0.15, 0.2) is 0 Å². The van der Waals surface area contributed by atoms with Crippen molar-refractivity contribution in [1.29, 1.82) is 0 Å². The van der Waals surface area contributed by atoms with E-state index in [0.717, 1.165) is 16.8 Å². The molecule has 1 N–H and O–H groups in total. The molecule has 0 bridgehead atoms. The van der Waals surface area contributed by atoms with Crippen LogP contribution in [0.15, 0.2) is 18.2 Å². The predicted octanol–water partition coefficient (Wildman–Crippen LogP) is 1.87. The van der Waals surface area contributed by atoms with Gasteiger partial charge in [-0.05, 0) is 31.0 Å². The average Bonchev–Trinajstić information content (AvgIpc) is 2.33. The molecule has 0 radical (unpaired) electrons. The Hall–Kier alpha value is -1.55. The number of hydrogen-bond acceptors (Lipinski definition) is 3. The van der Waals surface area contributed by atoms with E-state index >= 15 is 0 Å². The van der Waals surface area contributed by atoms with Crippen LogP contribution in [-0.4, -0.2) is 31.0 Å². The van der Waals surface area contributed by atoms with Gasteiger partial charge in [0.1, 0.15) is 0 Å². The van der Waals surface area contributed by atoms with Gasteiger partial charge in [0.25, 0.3) is 0 Å². The highest BCUT2D eigenvalue weighted by atomic mass is 16.6. The zero-order valence-electron chi connectivity index (χ0n) is 10.1. The predicted molar refractivity (Wildman–Crippen MR) is 65.2 cm³/mol. The van der Waals surface area contributed by atoms with Crippen molar-refractivity contribution >= 4 is 11.8 Å². The first kappa shape index (κ1) is 11.9. The van der Waals surface area contributed by atoms with Crippen LogP contribution >= 0.6 is 0 Å². The van der Waals surface area contributed by atoms with Gasteiger partial charge in [0.2, 0.25) is 0 Å². The van der Waals surface area contributed by atoms with E-state index in [1.165, 1.54) is 0 Å². The van der Waals surface area contributed by atoms with Crippen LogP contribution in [0.5, 0.6) is 0 Å². The fourth-order valence-corrected chi connectivity index (χ4v) is 1.97. The molecular weight excluding hydrogens is 218 g/mol. The second kappa shape index (κ2) is 4.75. The molecule has 1 aromatic rings. The molecule has 17 heavy (non-hydrogen) atoms. The van der Waals surface area contributed by atoms with E-state index in [0.29, 0.717) is 13.2 Å². The fraction of sp³-hybridized carbons (Fsp3) is 0.462. The zero-order chi connectivity index (χ0) is 12.4. The number of nitrogens with zero attached hydrogens (tertiary/aromatic N) is 1. The van der Waals surface area contributed by atoms with Crippen LogP contribution in [0.2, 0.25) is 0 Å². The Morgan fingerprint density at radius 3 is 2.94 bits per heavy atom. The average molecular weight is 235 g/mol.